The lowest BCUT2D eigenvalue weighted by atomic mass is 10.1. The lowest BCUT2D eigenvalue weighted by Crippen LogP contribution is -2.42. The fourth-order valence-electron chi connectivity index (χ4n) is 3.70. The molecule has 1 amide bonds. The summed E-state index contributed by atoms with van der Waals surface area (Å²) < 4.78 is 12.6. The van der Waals surface area contributed by atoms with Crippen molar-refractivity contribution in [1.82, 2.24) is 14.7 Å². The van der Waals surface area contributed by atoms with E-state index in [4.69, 9.17) is 9.47 Å². The van der Waals surface area contributed by atoms with Crippen LogP contribution in [0.2, 0.25) is 0 Å². The van der Waals surface area contributed by atoms with Gasteiger partial charge in [0.2, 0.25) is 12.7 Å². The van der Waals surface area contributed by atoms with Crippen LogP contribution in [0, 0.1) is 0 Å². The topological polar surface area (TPSA) is 56.6 Å². The smallest absolute Gasteiger partial charge is 0.247 e. The van der Waals surface area contributed by atoms with Crippen molar-refractivity contribution in [2.24, 2.45) is 0 Å². The van der Waals surface area contributed by atoms with Crippen LogP contribution in [-0.2, 0) is 11.3 Å². The van der Waals surface area contributed by atoms with Crippen molar-refractivity contribution in [2.45, 2.75) is 51.2 Å². The summed E-state index contributed by atoms with van der Waals surface area (Å²) in [7, 11) is 0. The average molecular weight is 341 g/mol. The Morgan fingerprint density at radius 1 is 1.32 bits per heavy atom. The van der Waals surface area contributed by atoms with Gasteiger partial charge in [0.15, 0.2) is 11.5 Å². The summed E-state index contributed by atoms with van der Waals surface area (Å²) in [6, 6.07) is 7.77. The van der Waals surface area contributed by atoms with Crippen molar-refractivity contribution in [1.29, 1.82) is 0 Å². The van der Waals surface area contributed by atoms with Gasteiger partial charge in [-0.2, -0.15) is 5.10 Å². The van der Waals surface area contributed by atoms with E-state index < -0.39 is 0 Å². The number of carbonyl (C=O) groups excluding carboxylic acids is 1. The monoisotopic (exact) mass is 341 g/mol. The Morgan fingerprint density at radius 3 is 2.88 bits per heavy atom. The molecule has 25 heavy (non-hydrogen) atoms. The average Bonchev–Trinajstić information content (AvgIpc) is 3.40. The molecule has 0 unspecified atom stereocenters. The SMILES string of the molecule is C[C@H](C(=O)N(Cc1ccc2c(c1)OCO2)C1CCCC1)n1cccn1. The van der Waals surface area contributed by atoms with E-state index in [9.17, 15) is 4.79 Å². The first kappa shape index (κ1) is 16.0. The maximum absolute atomic E-state index is 13.2. The van der Waals surface area contributed by atoms with Crippen molar-refractivity contribution in [2.75, 3.05) is 6.79 Å². The summed E-state index contributed by atoms with van der Waals surface area (Å²) in [5, 5.41) is 4.23. The second kappa shape index (κ2) is 6.78. The predicted molar refractivity (Wildman–Crippen MR) is 92.3 cm³/mol. The normalized spacial score (nSPS) is 17.6. The minimum atomic E-state index is -0.301. The van der Waals surface area contributed by atoms with Crippen LogP contribution in [0.1, 0.15) is 44.2 Å². The third-order valence-corrected chi connectivity index (χ3v) is 5.12. The first-order valence-electron chi connectivity index (χ1n) is 8.90. The summed E-state index contributed by atoms with van der Waals surface area (Å²) in [6.45, 7) is 2.77. The van der Waals surface area contributed by atoms with Gasteiger partial charge in [0.1, 0.15) is 6.04 Å². The first-order chi connectivity index (χ1) is 12.2. The van der Waals surface area contributed by atoms with Crippen LogP contribution in [0.3, 0.4) is 0 Å². The molecule has 0 spiro atoms. The number of carbonyl (C=O) groups is 1. The number of hydrogen-bond acceptors (Lipinski definition) is 4. The lowest BCUT2D eigenvalue weighted by Gasteiger charge is -2.31. The van der Waals surface area contributed by atoms with Crippen LogP contribution in [-0.4, -0.2) is 33.4 Å². The Hall–Kier alpha value is -2.50. The molecule has 1 aliphatic heterocycles. The summed E-state index contributed by atoms with van der Waals surface area (Å²) in [5.74, 6) is 1.65. The molecule has 0 radical (unpaired) electrons. The van der Waals surface area contributed by atoms with Crippen molar-refractivity contribution in [3.05, 3.63) is 42.2 Å². The third-order valence-electron chi connectivity index (χ3n) is 5.12. The molecular formula is C19H23N3O3. The molecular weight excluding hydrogens is 318 g/mol. The quantitative estimate of drug-likeness (QED) is 0.838. The predicted octanol–water partition coefficient (Wildman–Crippen LogP) is 3.14. The fourth-order valence-corrected chi connectivity index (χ4v) is 3.70. The number of ether oxygens (including phenoxy) is 2. The van der Waals surface area contributed by atoms with Gasteiger partial charge in [-0.25, -0.2) is 0 Å². The number of hydrogen-bond donors (Lipinski definition) is 0. The number of fused-ring (bicyclic) bond motifs is 1. The Bertz CT molecular complexity index is 738. The van der Waals surface area contributed by atoms with Gasteiger partial charge < -0.3 is 14.4 Å². The van der Waals surface area contributed by atoms with Gasteiger partial charge in [-0.1, -0.05) is 18.9 Å². The summed E-state index contributed by atoms with van der Waals surface area (Å²) in [4.78, 5) is 15.2. The molecule has 0 saturated heterocycles. The number of nitrogens with zero attached hydrogens (tertiary/aromatic N) is 3. The van der Waals surface area contributed by atoms with Crippen LogP contribution < -0.4 is 9.47 Å². The van der Waals surface area contributed by atoms with Crippen molar-refractivity contribution in [3.63, 3.8) is 0 Å². The standard InChI is InChI=1S/C19H23N3O3/c1-14(22-10-4-9-20-22)19(23)21(16-5-2-3-6-16)12-15-7-8-17-18(11-15)25-13-24-17/h4,7-11,14,16H,2-3,5-6,12-13H2,1H3/t14-/m1/s1. The maximum atomic E-state index is 13.2. The molecule has 1 fully saturated rings. The molecule has 1 aromatic carbocycles. The van der Waals surface area contributed by atoms with Crippen LogP contribution in [0.25, 0.3) is 0 Å². The zero-order valence-electron chi connectivity index (χ0n) is 14.4. The van der Waals surface area contributed by atoms with Gasteiger partial charge in [0.25, 0.3) is 0 Å². The van der Waals surface area contributed by atoms with Crippen LogP contribution in [0.5, 0.6) is 11.5 Å². The zero-order chi connectivity index (χ0) is 17.2. The van der Waals surface area contributed by atoms with Crippen LogP contribution in [0.15, 0.2) is 36.7 Å². The van der Waals surface area contributed by atoms with Crippen molar-refractivity contribution >= 4 is 5.91 Å². The minimum Gasteiger partial charge on any atom is -0.454 e. The van der Waals surface area contributed by atoms with E-state index in [1.54, 1.807) is 10.9 Å². The summed E-state index contributed by atoms with van der Waals surface area (Å²) in [6.07, 6.45) is 8.07. The highest BCUT2D eigenvalue weighted by Gasteiger charge is 2.30. The molecule has 6 heteroatoms. The zero-order valence-corrected chi connectivity index (χ0v) is 14.4. The van der Waals surface area contributed by atoms with E-state index in [1.165, 1.54) is 12.8 Å². The van der Waals surface area contributed by atoms with Crippen LogP contribution >= 0.6 is 0 Å². The Balaban J connectivity index is 1.56. The number of aromatic nitrogens is 2. The van der Waals surface area contributed by atoms with E-state index in [1.807, 2.05) is 42.3 Å². The van der Waals surface area contributed by atoms with E-state index in [0.29, 0.717) is 12.6 Å². The van der Waals surface area contributed by atoms with Gasteiger partial charge in [0, 0.05) is 25.0 Å². The highest BCUT2D eigenvalue weighted by molar-refractivity contribution is 5.80. The Labute approximate surface area is 147 Å². The van der Waals surface area contributed by atoms with Gasteiger partial charge in [-0.15, -0.1) is 0 Å². The molecule has 4 rings (SSSR count). The summed E-state index contributed by atoms with van der Waals surface area (Å²) >= 11 is 0. The van der Waals surface area contributed by atoms with E-state index in [2.05, 4.69) is 5.10 Å². The Morgan fingerprint density at radius 2 is 2.12 bits per heavy atom. The molecule has 132 valence electrons. The second-order valence-electron chi connectivity index (χ2n) is 6.75. The van der Waals surface area contributed by atoms with Crippen LogP contribution in [0.4, 0.5) is 0 Å². The van der Waals surface area contributed by atoms with Crippen molar-refractivity contribution < 1.29 is 14.3 Å². The van der Waals surface area contributed by atoms with E-state index in [0.717, 1.165) is 29.9 Å². The number of rotatable bonds is 5. The fraction of sp³-hybridized carbons (Fsp3) is 0.474. The molecule has 2 heterocycles. The molecule has 2 aliphatic rings. The van der Waals surface area contributed by atoms with E-state index >= 15 is 0 Å². The first-order valence-corrected chi connectivity index (χ1v) is 8.90. The van der Waals surface area contributed by atoms with Gasteiger partial charge >= 0.3 is 0 Å². The lowest BCUT2D eigenvalue weighted by molar-refractivity contribution is -0.137. The second-order valence-corrected chi connectivity index (χ2v) is 6.75. The van der Waals surface area contributed by atoms with E-state index in [-0.39, 0.29) is 18.7 Å². The molecule has 1 aliphatic carbocycles. The largest absolute Gasteiger partial charge is 0.454 e. The summed E-state index contributed by atoms with van der Waals surface area (Å²) in [5.41, 5.74) is 1.07. The molecule has 1 atom stereocenters. The molecule has 2 aromatic rings. The number of amides is 1. The highest BCUT2D eigenvalue weighted by atomic mass is 16.7. The van der Waals surface area contributed by atoms with Gasteiger partial charge in [-0.05, 0) is 43.5 Å². The molecule has 1 saturated carbocycles. The third kappa shape index (κ3) is 3.21. The Kier molecular flexibility index (Phi) is 4.34. The molecule has 1 aromatic heterocycles. The molecule has 6 nitrogen and oxygen atoms in total. The van der Waals surface area contributed by atoms with Gasteiger partial charge in [0.05, 0.1) is 0 Å². The minimum absolute atomic E-state index is 0.119. The van der Waals surface area contributed by atoms with Gasteiger partial charge in [-0.3, -0.25) is 9.48 Å². The highest BCUT2D eigenvalue weighted by Crippen LogP contribution is 2.34. The molecule has 0 bridgehead atoms. The molecule has 0 N–H and O–H groups in total. The maximum Gasteiger partial charge on any atom is 0.247 e. The van der Waals surface area contributed by atoms with Crippen molar-refractivity contribution in [3.8, 4) is 11.5 Å². The number of benzene rings is 1.